The van der Waals surface area contributed by atoms with Crippen molar-refractivity contribution in [2.75, 3.05) is 0 Å². The van der Waals surface area contributed by atoms with Gasteiger partial charge in [0.2, 0.25) is 0 Å². The van der Waals surface area contributed by atoms with Crippen LogP contribution in [0.4, 0.5) is 0 Å². The van der Waals surface area contributed by atoms with Gasteiger partial charge in [0.25, 0.3) is 0 Å². The van der Waals surface area contributed by atoms with Crippen molar-refractivity contribution in [2.24, 2.45) is 11.3 Å². The molecule has 0 heterocycles. The third-order valence-electron chi connectivity index (χ3n) is 5.41. The first kappa shape index (κ1) is 13.6. The predicted molar refractivity (Wildman–Crippen MR) is 84.1 cm³/mol. The summed E-state index contributed by atoms with van der Waals surface area (Å²) in [6.45, 7) is 3.44. The first-order valence-corrected chi connectivity index (χ1v) is 8.45. The summed E-state index contributed by atoms with van der Waals surface area (Å²) in [5.41, 5.74) is 2.05. The quantitative estimate of drug-likeness (QED) is 0.835. The summed E-state index contributed by atoms with van der Waals surface area (Å²) in [6.07, 6.45) is 8.62. The van der Waals surface area contributed by atoms with E-state index >= 15 is 0 Å². The van der Waals surface area contributed by atoms with Crippen molar-refractivity contribution in [3.63, 3.8) is 0 Å². The summed E-state index contributed by atoms with van der Waals surface area (Å²) in [7, 11) is 0. The zero-order chi connectivity index (χ0) is 13.3. The first-order chi connectivity index (χ1) is 9.18. The fraction of sp³-hybridized carbons (Fsp3) is 0.647. The molecule has 0 radical (unpaired) electrons. The van der Waals surface area contributed by atoms with Crippen LogP contribution in [0.5, 0.6) is 0 Å². The predicted octanol–water partition coefficient (Wildman–Crippen LogP) is 4.90. The van der Waals surface area contributed by atoms with E-state index in [1.165, 1.54) is 44.1 Å². The lowest BCUT2D eigenvalue weighted by molar-refractivity contribution is 0.00923. The topological polar surface area (TPSA) is 12.0 Å². The Bertz CT molecular complexity index is 417. The number of hydrogen-bond acceptors (Lipinski definition) is 1. The number of hydrogen-bond donors (Lipinski definition) is 1. The molecule has 2 aliphatic carbocycles. The lowest BCUT2D eigenvalue weighted by Gasteiger charge is -2.53. The van der Waals surface area contributed by atoms with Crippen molar-refractivity contribution in [1.82, 2.24) is 5.32 Å². The average Bonchev–Trinajstić information content (AvgIpc) is 2.41. The highest BCUT2D eigenvalue weighted by Gasteiger charge is 2.47. The zero-order valence-electron chi connectivity index (χ0n) is 11.8. The van der Waals surface area contributed by atoms with E-state index in [4.69, 9.17) is 0 Å². The molecule has 1 N–H and O–H groups in total. The van der Waals surface area contributed by atoms with Crippen LogP contribution < -0.4 is 5.32 Å². The standard InChI is InChI=1S/C17H24BrN/c1-13-6-9-17(10-7-13)11-8-16(17)19-12-14-2-4-15(18)5-3-14/h2-5,13,16,19H,6-12H2,1H3/t13?,16-,17?/m0/s1. The first-order valence-electron chi connectivity index (χ1n) is 7.66. The fourth-order valence-corrected chi connectivity index (χ4v) is 4.06. The summed E-state index contributed by atoms with van der Waals surface area (Å²) in [4.78, 5) is 0. The molecular formula is C17H24BrN. The second kappa shape index (κ2) is 5.57. The third kappa shape index (κ3) is 2.90. The van der Waals surface area contributed by atoms with E-state index < -0.39 is 0 Å². The average molecular weight is 322 g/mol. The van der Waals surface area contributed by atoms with Crippen molar-refractivity contribution in [1.29, 1.82) is 0 Å². The van der Waals surface area contributed by atoms with Gasteiger partial charge in [0.05, 0.1) is 0 Å². The van der Waals surface area contributed by atoms with E-state index in [0.29, 0.717) is 5.41 Å². The second-order valence-electron chi connectivity index (χ2n) is 6.64. The minimum atomic E-state index is 0.655. The monoisotopic (exact) mass is 321 g/mol. The summed E-state index contributed by atoms with van der Waals surface area (Å²) in [6, 6.07) is 9.46. The van der Waals surface area contributed by atoms with Gasteiger partial charge in [-0.1, -0.05) is 47.8 Å². The molecule has 0 aromatic heterocycles. The number of nitrogens with one attached hydrogen (secondary N) is 1. The molecule has 104 valence electrons. The van der Waals surface area contributed by atoms with Crippen molar-refractivity contribution in [3.05, 3.63) is 34.3 Å². The van der Waals surface area contributed by atoms with Crippen molar-refractivity contribution in [2.45, 2.75) is 58.0 Å². The van der Waals surface area contributed by atoms with E-state index in [-0.39, 0.29) is 0 Å². The Kier molecular flexibility index (Phi) is 4.00. The van der Waals surface area contributed by atoms with Gasteiger partial charge < -0.3 is 5.32 Å². The van der Waals surface area contributed by atoms with Crippen LogP contribution in [-0.4, -0.2) is 6.04 Å². The van der Waals surface area contributed by atoms with Crippen LogP contribution in [0, 0.1) is 11.3 Å². The molecule has 2 saturated carbocycles. The van der Waals surface area contributed by atoms with Gasteiger partial charge in [-0.3, -0.25) is 0 Å². The highest BCUT2D eigenvalue weighted by Crippen LogP contribution is 2.52. The van der Waals surface area contributed by atoms with Crippen LogP contribution in [0.1, 0.15) is 51.0 Å². The molecule has 1 aromatic rings. The molecule has 19 heavy (non-hydrogen) atoms. The number of benzene rings is 1. The molecule has 0 bridgehead atoms. The van der Waals surface area contributed by atoms with Gasteiger partial charge in [-0.25, -0.2) is 0 Å². The Balaban J connectivity index is 1.54. The maximum atomic E-state index is 3.81. The summed E-state index contributed by atoms with van der Waals surface area (Å²) < 4.78 is 1.16. The minimum Gasteiger partial charge on any atom is -0.309 e. The molecule has 2 fully saturated rings. The van der Waals surface area contributed by atoms with Crippen LogP contribution in [0.2, 0.25) is 0 Å². The van der Waals surface area contributed by atoms with Crippen LogP contribution in [0.25, 0.3) is 0 Å². The Hall–Kier alpha value is -0.340. The molecule has 0 unspecified atom stereocenters. The zero-order valence-corrected chi connectivity index (χ0v) is 13.4. The molecule has 1 atom stereocenters. The molecular weight excluding hydrogens is 298 g/mol. The van der Waals surface area contributed by atoms with Crippen LogP contribution in [0.3, 0.4) is 0 Å². The van der Waals surface area contributed by atoms with E-state index in [9.17, 15) is 0 Å². The summed E-state index contributed by atoms with van der Waals surface area (Å²) in [5, 5.41) is 3.81. The highest BCUT2D eigenvalue weighted by atomic mass is 79.9. The SMILES string of the molecule is CC1CCC2(CC1)CC[C@@H]2NCc1ccc(Br)cc1. The molecule has 1 nitrogen and oxygen atoms in total. The second-order valence-corrected chi connectivity index (χ2v) is 7.56. The molecule has 0 saturated heterocycles. The molecule has 1 spiro atoms. The van der Waals surface area contributed by atoms with Crippen molar-refractivity contribution >= 4 is 15.9 Å². The van der Waals surface area contributed by atoms with Gasteiger partial charge in [0.1, 0.15) is 0 Å². The highest BCUT2D eigenvalue weighted by molar-refractivity contribution is 9.10. The minimum absolute atomic E-state index is 0.655. The van der Waals surface area contributed by atoms with Crippen molar-refractivity contribution < 1.29 is 0 Å². The summed E-state index contributed by atoms with van der Waals surface area (Å²) in [5.74, 6) is 0.957. The Labute approximate surface area is 125 Å². The van der Waals surface area contributed by atoms with E-state index in [1.807, 2.05) is 0 Å². The molecule has 0 amide bonds. The molecule has 1 aromatic carbocycles. The largest absolute Gasteiger partial charge is 0.309 e. The van der Waals surface area contributed by atoms with Gasteiger partial charge in [0.15, 0.2) is 0 Å². The van der Waals surface area contributed by atoms with E-state index in [1.54, 1.807) is 0 Å². The van der Waals surface area contributed by atoms with Gasteiger partial charge in [0, 0.05) is 17.1 Å². The van der Waals surface area contributed by atoms with Gasteiger partial charge >= 0.3 is 0 Å². The van der Waals surface area contributed by atoms with Crippen LogP contribution in [-0.2, 0) is 6.54 Å². The maximum absolute atomic E-state index is 3.81. The van der Waals surface area contributed by atoms with Gasteiger partial charge in [-0.2, -0.15) is 0 Å². The number of halogens is 1. The van der Waals surface area contributed by atoms with E-state index in [2.05, 4.69) is 52.4 Å². The molecule has 0 aliphatic heterocycles. The lowest BCUT2D eigenvalue weighted by Crippen LogP contribution is -2.54. The molecule has 3 rings (SSSR count). The lowest BCUT2D eigenvalue weighted by atomic mass is 9.56. The molecule has 2 heteroatoms. The van der Waals surface area contributed by atoms with Gasteiger partial charge in [-0.05, 0) is 54.7 Å². The summed E-state index contributed by atoms with van der Waals surface area (Å²) >= 11 is 3.49. The fourth-order valence-electron chi connectivity index (χ4n) is 3.79. The Morgan fingerprint density at radius 3 is 2.32 bits per heavy atom. The smallest absolute Gasteiger partial charge is 0.0208 e. The number of rotatable bonds is 3. The van der Waals surface area contributed by atoms with Crippen LogP contribution >= 0.6 is 15.9 Å². The third-order valence-corrected chi connectivity index (χ3v) is 5.93. The van der Waals surface area contributed by atoms with Crippen LogP contribution in [0.15, 0.2) is 28.7 Å². The normalized spacial score (nSPS) is 34.2. The Morgan fingerprint density at radius 2 is 1.74 bits per heavy atom. The van der Waals surface area contributed by atoms with Gasteiger partial charge in [-0.15, -0.1) is 0 Å². The van der Waals surface area contributed by atoms with E-state index in [0.717, 1.165) is 23.0 Å². The Morgan fingerprint density at radius 1 is 1.11 bits per heavy atom. The maximum Gasteiger partial charge on any atom is 0.0208 e. The molecule has 2 aliphatic rings. The van der Waals surface area contributed by atoms with Crippen molar-refractivity contribution in [3.8, 4) is 0 Å².